The molecule has 10 heterocycles. The summed E-state index contributed by atoms with van der Waals surface area (Å²) in [6.45, 7) is 0. The molecule has 0 saturated carbocycles. The molecule has 4 aliphatic heterocycles. The second kappa shape index (κ2) is 24.9. The number of nitrogens with zero attached hydrogens (tertiary/aromatic N) is 6. The number of aromatic nitrogens is 8. The van der Waals surface area contributed by atoms with Crippen molar-refractivity contribution in [3.8, 4) is 78.1 Å². The van der Waals surface area contributed by atoms with Gasteiger partial charge < -0.3 is 19.1 Å². The number of benzene rings is 8. The minimum Gasteiger partial charge on any atom is -0.355 e. The van der Waals surface area contributed by atoms with Crippen LogP contribution in [0, 0.1) is 0 Å². The lowest BCUT2D eigenvalue weighted by Crippen LogP contribution is -1.97. The number of para-hydroxylation sites is 2. The Morgan fingerprint density at radius 3 is 0.750 bits per heavy atom. The van der Waals surface area contributed by atoms with Gasteiger partial charge in [0.2, 0.25) is 0 Å². The SMILES string of the molecule is C1=Cc2cc3c(-c4ccccc4)c(-c4ccccc4)c(c(-c4ccccc4)c4nc(cc5ccc(cc1n2)[nH]5)C=C4)n3-c1ccccc1.C1=Cc2cc3c(-c4ccccc4)c(-c4ccccc4)c(c(-c4ccccc4)c4nc(cc5ccc(cc1n2)[nH]5)C=C4)n3-c1ccccc1. The zero-order valence-electron chi connectivity index (χ0n) is 52.2. The fourth-order valence-corrected chi connectivity index (χ4v) is 13.6. The molecule has 14 aromatic rings. The van der Waals surface area contributed by atoms with Crippen molar-refractivity contribution >= 4 is 92.7 Å². The molecule has 16 bridgehead atoms. The molecule has 0 amide bonds. The maximum absolute atomic E-state index is 5.29. The van der Waals surface area contributed by atoms with Crippen LogP contribution in [0.25, 0.3) is 171 Å². The number of H-pyrrole nitrogens is 2. The summed E-state index contributed by atoms with van der Waals surface area (Å²) in [6, 6.07) is 107. The molecule has 0 atom stereocenters. The van der Waals surface area contributed by atoms with Crippen LogP contribution in [0.5, 0.6) is 0 Å². The van der Waals surface area contributed by atoms with Gasteiger partial charge in [0.1, 0.15) is 0 Å². The van der Waals surface area contributed by atoms with Crippen molar-refractivity contribution < 1.29 is 0 Å². The molecule has 8 nitrogen and oxygen atoms in total. The Morgan fingerprint density at radius 1 is 0.208 bits per heavy atom. The van der Waals surface area contributed by atoms with E-state index in [-0.39, 0.29) is 0 Å². The molecule has 18 rings (SSSR count). The second-order valence-electron chi connectivity index (χ2n) is 24.0. The first-order valence-corrected chi connectivity index (χ1v) is 32.3. The van der Waals surface area contributed by atoms with Crippen molar-refractivity contribution in [1.82, 2.24) is 39.0 Å². The van der Waals surface area contributed by atoms with Gasteiger partial charge in [-0.25, -0.2) is 19.9 Å². The third kappa shape index (κ3) is 11.0. The number of fused-ring (bicyclic) bond motifs is 16. The van der Waals surface area contributed by atoms with Crippen LogP contribution in [-0.2, 0) is 0 Å². The highest BCUT2D eigenvalue weighted by molar-refractivity contribution is 6.12. The maximum atomic E-state index is 5.29. The van der Waals surface area contributed by atoms with Gasteiger partial charge in [-0.05, 0) is 167 Å². The summed E-state index contributed by atoms with van der Waals surface area (Å²) in [4.78, 5) is 27.8. The van der Waals surface area contributed by atoms with E-state index < -0.39 is 0 Å². The number of rotatable bonds is 8. The lowest BCUT2D eigenvalue weighted by Gasteiger charge is -2.13. The van der Waals surface area contributed by atoms with E-state index in [1.165, 1.54) is 0 Å². The topological polar surface area (TPSA) is 93.0 Å². The molecule has 0 unspecified atom stereocenters. The molecule has 6 aromatic heterocycles. The normalized spacial score (nSPS) is 12.0. The van der Waals surface area contributed by atoms with Gasteiger partial charge in [-0.2, -0.15) is 0 Å². The van der Waals surface area contributed by atoms with E-state index in [9.17, 15) is 0 Å². The molecule has 8 aromatic carbocycles. The molecule has 4 aliphatic rings. The molecule has 0 aliphatic carbocycles. The zero-order chi connectivity index (χ0) is 63.7. The Labute approximate surface area is 555 Å². The van der Waals surface area contributed by atoms with E-state index in [1.54, 1.807) is 0 Å². The van der Waals surface area contributed by atoms with Gasteiger partial charge in [-0.3, -0.25) is 0 Å². The molecule has 2 N–H and O–H groups in total. The van der Waals surface area contributed by atoms with Crippen LogP contribution in [0.4, 0.5) is 0 Å². The molecular weight excluding hydrogens is 1170 g/mol. The largest absolute Gasteiger partial charge is 0.355 e. The van der Waals surface area contributed by atoms with Crippen LogP contribution in [0.2, 0.25) is 0 Å². The first-order chi connectivity index (χ1) is 47.6. The van der Waals surface area contributed by atoms with E-state index in [4.69, 9.17) is 19.9 Å². The summed E-state index contributed by atoms with van der Waals surface area (Å²) in [5.41, 5.74) is 30.8. The minimum absolute atomic E-state index is 0.889. The highest BCUT2D eigenvalue weighted by Crippen LogP contribution is 2.49. The van der Waals surface area contributed by atoms with E-state index >= 15 is 0 Å². The number of aromatic amines is 2. The van der Waals surface area contributed by atoms with E-state index in [2.05, 4.69) is 371 Å². The minimum atomic E-state index is 0.889. The third-order valence-electron chi connectivity index (χ3n) is 17.7. The number of nitrogens with one attached hydrogen (secondary N) is 2. The summed E-state index contributed by atoms with van der Waals surface area (Å²) < 4.78 is 4.82. The first-order valence-electron chi connectivity index (χ1n) is 32.3. The van der Waals surface area contributed by atoms with Gasteiger partial charge in [0.25, 0.3) is 0 Å². The average molecular weight is 1230 g/mol. The predicted molar refractivity (Wildman–Crippen MR) is 400 cm³/mol. The lowest BCUT2D eigenvalue weighted by molar-refractivity contribution is 1.17. The molecule has 452 valence electrons. The van der Waals surface area contributed by atoms with Crippen molar-refractivity contribution in [2.75, 3.05) is 0 Å². The molecule has 0 fully saturated rings. The van der Waals surface area contributed by atoms with Gasteiger partial charge in [0.05, 0.1) is 67.6 Å². The van der Waals surface area contributed by atoms with Gasteiger partial charge in [-0.1, -0.05) is 218 Å². The lowest BCUT2D eigenvalue weighted by atomic mass is 9.93. The Hall–Kier alpha value is -13.0. The molecule has 0 saturated heterocycles. The van der Waals surface area contributed by atoms with Crippen LogP contribution < -0.4 is 0 Å². The first kappa shape index (κ1) is 56.9. The second-order valence-corrected chi connectivity index (χ2v) is 24.0. The van der Waals surface area contributed by atoms with Crippen molar-refractivity contribution in [1.29, 1.82) is 0 Å². The van der Waals surface area contributed by atoms with Gasteiger partial charge in [-0.15, -0.1) is 0 Å². The van der Waals surface area contributed by atoms with Crippen LogP contribution in [0.15, 0.2) is 303 Å². The van der Waals surface area contributed by atoms with E-state index in [0.717, 1.165) is 168 Å². The standard InChI is InChI=1S/2C44H30N4/c2*1-5-13-30(14-6-1)41-39-26-25-36(47-39)28-35-22-21-33(45-35)27-34-23-24-37(46-34)29-40-42(31-15-7-2-8-16-31)43(32-17-9-3-10-18-32)44(41)48(40)38-19-11-4-12-20-38/h2*1-29,45H. The summed E-state index contributed by atoms with van der Waals surface area (Å²) >= 11 is 0. The highest BCUT2D eigenvalue weighted by Gasteiger charge is 2.28. The summed E-state index contributed by atoms with van der Waals surface area (Å²) in [6.07, 6.45) is 16.9. The smallest absolute Gasteiger partial charge is 0.0737 e. The summed E-state index contributed by atoms with van der Waals surface area (Å²) in [7, 11) is 0. The fourth-order valence-electron chi connectivity index (χ4n) is 13.6. The molecule has 0 spiro atoms. The zero-order valence-corrected chi connectivity index (χ0v) is 52.2. The predicted octanol–water partition coefficient (Wildman–Crippen LogP) is 22.2. The maximum Gasteiger partial charge on any atom is 0.0737 e. The quantitative estimate of drug-likeness (QED) is 0.159. The van der Waals surface area contributed by atoms with Gasteiger partial charge >= 0.3 is 0 Å². The Bertz CT molecular complexity index is 5410. The van der Waals surface area contributed by atoms with Crippen LogP contribution in [0.1, 0.15) is 45.6 Å². The van der Waals surface area contributed by atoms with Gasteiger partial charge in [0, 0.05) is 66.8 Å². The number of hydrogen-bond donors (Lipinski definition) is 2. The monoisotopic (exact) mass is 1230 g/mol. The van der Waals surface area contributed by atoms with Crippen molar-refractivity contribution in [3.05, 3.63) is 349 Å². The molecule has 8 heteroatoms. The number of hydrogen-bond acceptors (Lipinski definition) is 4. The Balaban J connectivity index is 0.000000145. The third-order valence-corrected chi connectivity index (χ3v) is 17.7. The molecule has 96 heavy (non-hydrogen) atoms. The van der Waals surface area contributed by atoms with Crippen LogP contribution in [0.3, 0.4) is 0 Å². The van der Waals surface area contributed by atoms with E-state index in [0.29, 0.717) is 0 Å². The molecular formula is C88H60N8. The van der Waals surface area contributed by atoms with Gasteiger partial charge in [0.15, 0.2) is 0 Å². The average Bonchev–Trinajstić information content (AvgIpc) is 1.57. The Morgan fingerprint density at radius 2 is 0.448 bits per heavy atom. The van der Waals surface area contributed by atoms with E-state index in [1.807, 2.05) is 0 Å². The van der Waals surface area contributed by atoms with Crippen LogP contribution in [-0.4, -0.2) is 39.0 Å². The summed E-state index contributed by atoms with van der Waals surface area (Å²) in [5.74, 6) is 0. The fraction of sp³-hybridized carbons (Fsp3) is 0. The molecule has 0 radical (unpaired) electrons. The van der Waals surface area contributed by atoms with Crippen molar-refractivity contribution in [3.63, 3.8) is 0 Å². The summed E-state index contributed by atoms with van der Waals surface area (Å²) in [5, 5.41) is 0. The van der Waals surface area contributed by atoms with Crippen molar-refractivity contribution in [2.24, 2.45) is 0 Å². The highest BCUT2D eigenvalue weighted by atomic mass is 15.0. The Kier molecular flexibility index (Phi) is 14.7. The van der Waals surface area contributed by atoms with Crippen molar-refractivity contribution in [2.45, 2.75) is 0 Å². The van der Waals surface area contributed by atoms with Crippen LogP contribution >= 0.6 is 0 Å².